The molecule has 19 nitrogen and oxygen atoms in total. The van der Waals surface area contributed by atoms with Gasteiger partial charge in [-0.05, 0) is 73.5 Å². The number of urea groups is 1. The van der Waals surface area contributed by atoms with E-state index >= 15 is 0 Å². The predicted molar refractivity (Wildman–Crippen MR) is 270 cm³/mol. The van der Waals surface area contributed by atoms with Crippen molar-refractivity contribution in [1.82, 2.24) is 20.3 Å². The first kappa shape index (κ1) is 55.7. The number of nitrogens with two attached hydrogens (primary N) is 4. The average molecular weight is 1070 g/mol. The fourth-order valence-corrected chi connectivity index (χ4v) is 6.96. The number of carbonyl (C=O) groups is 5. The van der Waals surface area contributed by atoms with E-state index < -0.39 is 47.8 Å². The topological polar surface area (TPSA) is 298 Å². The lowest BCUT2D eigenvalue weighted by molar-refractivity contribution is -0.156. The molecular formula is C51H43ClF5N9O10. The Bertz CT molecular complexity index is 3510. The largest absolute Gasteiger partial charge is 0.496 e. The van der Waals surface area contributed by atoms with Crippen LogP contribution in [-0.4, -0.2) is 78.5 Å². The van der Waals surface area contributed by atoms with Gasteiger partial charge in [0.2, 0.25) is 6.29 Å². The molecule has 0 spiro atoms. The zero-order valence-corrected chi connectivity index (χ0v) is 40.7. The Morgan fingerprint density at radius 1 is 0.605 bits per heavy atom. The van der Waals surface area contributed by atoms with Crippen LogP contribution in [0, 0.1) is 11.6 Å². The van der Waals surface area contributed by atoms with Crippen LogP contribution in [0.1, 0.15) is 43.9 Å². The summed E-state index contributed by atoms with van der Waals surface area (Å²) >= 11 is 6.00. The number of fused-ring (bicyclic) bond motifs is 3. The minimum Gasteiger partial charge on any atom is -0.496 e. The minimum absolute atomic E-state index is 0.0303. The van der Waals surface area contributed by atoms with E-state index in [0.29, 0.717) is 72.0 Å². The number of anilines is 2. The van der Waals surface area contributed by atoms with Crippen molar-refractivity contribution in [3.05, 3.63) is 143 Å². The highest BCUT2D eigenvalue weighted by Crippen LogP contribution is 2.36. The molecule has 10 N–H and O–H groups in total. The molecule has 1 saturated carbocycles. The number of aldehydes is 1. The van der Waals surface area contributed by atoms with Gasteiger partial charge in [-0.1, -0.05) is 11.6 Å². The summed E-state index contributed by atoms with van der Waals surface area (Å²) in [6, 6.07) is 22.3. The van der Waals surface area contributed by atoms with E-state index in [2.05, 4.69) is 25.6 Å². The number of ether oxygens (including phenoxy) is 5. The van der Waals surface area contributed by atoms with Gasteiger partial charge in [-0.2, -0.15) is 13.2 Å². The second kappa shape index (κ2) is 24.4. The fraction of sp³-hybridized carbons (Fsp3) is 0.137. The van der Waals surface area contributed by atoms with Crippen molar-refractivity contribution in [2.45, 2.75) is 25.1 Å². The Balaban J connectivity index is 0.000000182. The molecular weight excluding hydrogens is 1030 g/mol. The number of methoxy groups -OCH3 is 3. The number of nitrogen functional groups attached to an aromatic ring is 1. The van der Waals surface area contributed by atoms with Gasteiger partial charge >= 0.3 is 12.2 Å². The van der Waals surface area contributed by atoms with Crippen molar-refractivity contribution in [3.63, 3.8) is 0 Å². The van der Waals surface area contributed by atoms with E-state index in [4.69, 9.17) is 63.0 Å². The Hall–Kier alpha value is -9.58. The molecule has 3 heterocycles. The standard InChI is InChI=1S/C21H19FN4O4.C17H14FN3O3.C11H9ClN2O2.C2HF3O/c1-29-19-10-17-13(9-14(19)20(23)27)18(6-7-24-17)30-12-4-5-16(15(22)8-12)26-21(28)25-11-2-3-11;1-23-16-8-14-10(7-11(16)17(20)22)15(4-5-21-14)24-9-2-3-13(19)12(18)6-9;1-16-10-5-9-6(4-7(10)11(13)15)8(12)2-3-14-9;3-2(4,5)1-6/h4-11H,2-3H2,1H3,(H2,23,27)(H2,25,26,28);2-8H,19H2,1H3,(H2,20,22);2-5H,1H3,(H2,13,15);1H. The molecule has 9 rings (SSSR count). The fourth-order valence-electron chi connectivity index (χ4n) is 6.76. The van der Waals surface area contributed by atoms with Gasteiger partial charge < -0.3 is 57.3 Å². The summed E-state index contributed by atoms with van der Waals surface area (Å²) in [5, 5.41) is 7.46. The van der Waals surface area contributed by atoms with E-state index in [1.165, 1.54) is 70.1 Å². The maximum absolute atomic E-state index is 14.4. The normalized spacial score (nSPS) is 11.5. The van der Waals surface area contributed by atoms with Crippen LogP contribution < -0.4 is 57.3 Å². The Morgan fingerprint density at radius 3 is 1.41 bits per heavy atom. The molecule has 8 aromatic rings. The Morgan fingerprint density at radius 2 is 1.01 bits per heavy atom. The SMILES string of the molecule is COc1cc2nccc(Cl)c2cc1C(N)=O.COc1cc2nccc(Oc3ccc(N)c(F)c3)c2cc1C(N)=O.COc1cc2nccc(Oc3ccc(NC(=O)NC4CC4)c(F)c3)c2cc1C(N)=O.O=CC(F)(F)F. The monoisotopic (exact) mass is 1070 g/mol. The highest BCUT2D eigenvalue weighted by Gasteiger charge is 2.25. The summed E-state index contributed by atoms with van der Waals surface area (Å²) < 4.78 is 86.2. The number of primary amides is 3. The van der Waals surface area contributed by atoms with Crippen molar-refractivity contribution in [2.75, 3.05) is 32.4 Å². The van der Waals surface area contributed by atoms with Crippen LogP contribution in [0.4, 0.5) is 38.1 Å². The van der Waals surface area contributed by atoms with Gasteiger partial charge in [-0.3, -0.25) is 34.1 Å². The molecule has 1 aliphatic rings. The van der Waals surface area contributed by atoms with Crippen molar-refractivity contribution < 1.29 is 69.6 Å². The third-order valence-corrected chi connectivity index (χ3v) is 10.8. The molecule has 25 heteroatoms. The smallest absolute Gasteiger partial charge is 0.446 e. The molecule has 0 radical (unpaired) electrons. The molecule has 0 aliphatic heterocycles. The quantitative estimate of drug-likeness (QED) is 0.0378. The third kappa shape index (κ3) is 14.3. The number of amides is 5. The summed E-state index contributed by atoms with van der Waals surface area (Å²) in [6.07, 6.45) is 0.823. The van der Waals surface area contributed by atoms with Crippen LogP contribution in [-0.2, 0) is 4.79 Å². The van der Waals surface area contributed by atoms with E-state index in [1.807, 2.05) is 0 Å². The molecule has 394 valence electrons. The lowest BCUT2D eigenvalue weighted by Crippen LogP contribution is -2.30. The average Bonchev–Trinajstić information content (AvgIpc) is 4.21. The van der Waals surface area contributed by atoms with Gasteiger partial charge in [-0.25, -0.2) is 13.6 Å². The molecule has 0 bridgehead atoms. The van der Waals surface area contributed by atoms with Crippen LogP contribution >= 0.6 is 11.6 Å². The van der Waals surface area contributed by atoms with Crippen LogP contribution in [0.2, 0.25) is 5.02 Å². The highest BCUT2D eigenvalue weighted by atomic mass is 35.5. The Kier molecular flexibility index (Phi) is 17.9. The number of nitrogens with zero attached hydrogens (tertiary/aromatic N) is 3. The number of alkyl halides is 3. The summed E-state index contributed by atoms with van der Waals surface area (Å²) in [5.41, 5.74) is 24.0. The number of benzene rings is 5. The molecule has 5 amide bonds. The first-order valence-electron chi connectivity index (χ1n) is 21.9. The van der Waals surface area contributed by atoms with Gasteiger partial charge in [0, 0.05) is 71.1 Å². The number of hydrogen-bond donors (Lipinski definition) is 6. The molecule has 1 aliphatic carbocycles. The zero-order chi connectivity index (χ0) is 55.4. The number of nitrogens with one attached hydrogen (secondary N) is 2. The first-order valence-corrected chi connectivity index (χ1v) is 22.3. The summed E-state index contributed by atoms with van der Waals surface area (Å²) in [7, 11) is 4.33. The number of hydrogen-bond acceptors (Lipinski definition) is 14. The van der Waals surface area contributed by atoms with Crippen LogP contribution in [0.5, 0.6) is 40.2 Å². The number of pyridine rings is 3. The van der Waals surface area contributed by atoms with Crippen LogP contribution in [0.3, 0.4) is 0 Å². The summed E-state index contributed by atoms with van der Waals surface area (Å²) in [4.78, 5) is 67.6. The second-order valence-corrected chi connectivity index (χ2v) is 16.2. The third-order valence-electron chi connectivity index (χ3n) is 10.5. The minimum atomic E-state index is -4.64. The number of rotatable bonds is 12. The molecule has 3 aromatic heterocycles. The van der Waals surface area contributed by atoms with Crippen molar-refractivity contribution in [3.8, 4) is 40.2 Å². The summed E-state index contributed by atoms with van der Waals surface area (Å²) in [5.74, 6) is -0.822. The molecule has 76 heavy (non-hydrogen) atoms. The van der Waals surface area contributed by atoms with Gasteiger partial charge in [0.1, 0.15) is 51.9 Å². The van der Waals surface area contributed by atoms with Gasteiger partial charge in [-0.15, -0.1) is 0 Å². The van der Waals surface area contributed by atoms with Crippen molar-refractivity contribution in [1.29, 1.82) is 0 Å². The van der Waals surface area contributed by atoms with E-state index in [0.717, 1.165) is 18.9 Å². The van der Waals surface area contributed by atoms with Gasteiger partial charge in [0.05, 0.1) is 71.0 Å². The maximum Gasteiger partial charge on any atom is 0.446 e. The molecule has 0 unspecified atom stereocenters. The molecule has 5 aromatic carbocycles. The maximum atomic E-state index is 14.4. The van der Waals surface area contributed by atoms with E-state index in [1.54, 1.807) is 54.7 Å². The summed E-state index contributed by atoms with van der Waals surface area (Å²) in [6.45, 7) is 0. The van der Waals surface area contributed by atoms with Crippen LogP contribution in [0.15, 0.2) is 110 Å². The highest BCUT2D eigenvalue weighted by molar-refractivity contribution is 6.35. The molecule has 0 atom stereocenters. The zero-order valence-electron chi connectivity index (χ0n) is 40.0. The first-order chi connectivity index (χ1) is 36.1. The Labute approximate surface area is 432 Å². The number of carbonyl (C=O) groups excluding carboxylic acids is 5. The van der Waals surface area contributed by atoms with E-state index in [9.17, 15) is 41.1 Å². The van der Waals surface area contributed by atoms with Crippen molar-refractivity contribution >= 4 is 85.7 Å². The number of aromatic nitrogens is 3. The van der Waals surface area contributed by atoms with Crippen LogP contribution in [0.25, 0.3) is 32.7 Å². The van der Waals surface area contributed by atoms with Gasteiger partial charge in [0.25, 0.3) is 17.7 Å². The molecule has 0 saturated heterocycles. The number of halogens is 6. The second-order valence-electron chi connectivity index (χ2n) is 15.8. The van der Waals surface area contributed by atoms with Gasteiger partial charge in [0.15, 0.2) is 0 Å². The van der Waals surface area contributed by atoms with E-state index in [-0.39, 0.29) is 40.0 Å². The predicted octanol–water partition coefficient (Wildman–Crippen LogP) is 9.16. The lowest BCUT2D eigenvalue weighted by Gasteiger charge is -2.13. The lowest BCUT2D eigenvalue weighted by atomic mass is 10.1. The molecule has 1 fully saturated rings. The van der Waals surface area contributed by atoms with Crippen molar-refractivity contribution in [2.24, 2.45) is 17.2 Å².